The fraction of sp³-hybridized carbons (Fsp3) is 0. The summed E-state index contributed by atoms with van der Waals surface area (Å²) >= 11 is 5.26. The van der Waals surface area contributed by atoms with Gasteiger partial charge in [-0.15, -0.1) is 12.6 Å². The Balaban J connectivity index is 2.79. The van der Waals surface area contributed by atoms with Gasteiger partial charge in [0.1, 0.15) is 0 Å². The van der Waals surface area contributed by atoms with Crippen LogP contribution in [0.1, 0.15) is 0 Å². The number of fused-ring (bicyclic) bond motifs is 1. The fourth-order valence-electron chi connectivity index (χ4n) is 1.34. The van der Waals surface area contributed by atoms with Gasteiger partial charge in [0.05, 0.1) is 0 Å². The zero-order valence-electron chi connectivity index (χ0n) is 7.01. The molecule has 6 heteroatoms. The lowest BCUT2D eigenvalue weighted by molar-refractivity contribution is 0.422. The van der Waals surface area contributed by atoms with E-state index in [1.54, 1.807) is 18.2 Å². The summed E-state index contributed by atoms with van der Waals surface area (Å²) in [5, 5.41) is 28.2. The maximum absolute atomic E-state index is 9.47. The summed E-state index contributed by atoms with van der Waals surface area (Å²) in [4.78, 5) is 0.720. The largest absolute Gasteiger partial charge is 0.500 e. The van der Waals surface area contributed by atoms with Crippen LogP contribution in [0, 0.1) is 0 Å². The highest BCUT2D eigenvalue weighted by Gasteiger charge is 2.22. The average molecular weight is 226 g/mol. The summed E-state index contributed by atoms with van der Waals surface area (Å²) in [7, 11) is -1.65. The van der Waals surface area contributed by atoms with Gasteiger partial charge in [-0.25, -0.2) is 0 Å². The minimum absolute atomic E-state index is 0.0612. The van der Waals surface area contributed by atoms with Gasteiger partial charge in [0, 0.05) is 15.1 Å². The third kappa shape index (κ3) is 1.50. The van der Waals surface area contributed by atoms with Crippen LogP contribution in [-0.4, -0.2) is 22.3 Å². The third-order valence-electron chi connectivity index (χ3n) is 1.95. The molecule has 1 aromatic carbocycles. The monoisotopic (exact) mass is 226 g/mol. The van der Waals surface area contributed by atoms with Crippen molar-refractivity contribution in [2.24, 2.45) is 0 Å². The summed E-state index contributed by atoms with van der Waals surface area (Å²) in [6.45, 7) is 0. The Morgan fingerprint density at radius 3 is 2.64 bits per heavy atom. The van der Waals surface area contributed by atoms with Crippen LogP contribution in [0.5, 0.6) is 5.06 Å². The Hall–Kier alpha value is -0.685. The minimum Gasteiger partial charge on any atom is -0.500 e. The first-order valence-electron chi connectivity index (χ1n) is 3.90. The summed E-state index contributed by atoms with van der Waals surface area (Å²) in [5.41, 5.74) is 0.154. The van der Waals surface area contributed by atoms with Crippen LogP contribution in [0.15, 0.2) is 23.1 Å². The number of benzene rings is 1. The standard InChI is InChI=1S/C8H7BO3S2/c10-8-7(9(11)12)5-3-4(13)1-2-6(5)14-8/h1-3,10-13H. The number of hydrogen-bond donors (Lipinski definition) is 4. The van der Waals surface area contributed by atoms with Crippen LogP contribution in [0.2, 0.25) is 0 Å². The highest BCUT2D eigenvalue weighted by molar-refractivity contribution is 7.80. The second-order valence-corrected chi connectivity index (χ2v) is 4.42. The third-order valence-corrected chi connectivity index (χ3v) is 3.22. The van der Waals surface area contributed by atoms with Crippen molar-refractivity contribution in [1.82, 2.24) is 0 Å². The second-order valence-electron chi connectivity index (χ2n) is 2.88. The maximum atomic E-state index is 9.47. The maximum Gasteiger partial charge on any atom is 0.493 e. The minimum atomic E-state index is -1.65. The van der Waals surface area contributed by atoms with E-state index in [-0.39, 0.29) is 10.5 Å². The van der Waals surface area contributed by atoms with Gasteiger partial charge in [0.2, 0.25) is 0 Å². The van der Waals surface area contributed by atoms with Crippen molar-refractivity contribution in [2.45, 2.75) is 4.90 Å². The van der Waals surface area contributed by atoms with Gasteiger partial charge < -0.3 is 15.2 Å². The SMILES string of the molecule is OB(O)c1c(O)sc2ccc(S)cc12. The summed E-state index contributed by atoms with van der Waals surface area (Å²) < 4.78 is 0.809. The molecule has 1 aromatic heterocycles. The fourth-order valence-corrected chi connectivity index (χ4v) is 2.49. The van der Waals surface area contributed by atoms with E-state index in [4.69, 9.17) is 10.0 Å². The molecule has 2 aromatic rings. The van der Waals surface area contributed by atoms with Gasteiger partial charge in [-0.1, -0.05) is 11.3 Å². The lowest BCUT2D eigenvalue weighted by Gasteiger charge is -1.98. The highest BCUT2D eigenvalue weighted by Crippen LogP contribution is 2.29. The molecule has 72 valence electrons. The van der Waals surface area contributed by atoms with Crippen LogP contribution in [0.4, 0.5) is 0 Å². The smallest absolute Gasteiger partial charge is 0.493 e. The first kappa shape index (κ1) is 9.85. The first-order valence-corrected chi connectivity index (χ1v) is 5.16. The molecule has 0 spiro atoms. The number of hydrogen-bond acceptors (Lipinski definition) is 5. The zero-order chi connectivity index (χ0) is 10.3. The van der Waals surface area contributed by atoms with Gasteiger partial charge in [0.25, 0.3) is 0 Å². The van der Waals surface area contributed by atoms with Crippen LogP contribution < -0.4 is 5.46 Å². The zero-order valence-corrected chi connectivity index (χ0v) is 8.72. The molecule has 0 amide bonds. The molecular weight excluding hydrogens is 219 g/mol. The summed E-state index contributed by atoms with van der Waals surface area (Å²) in [6.07, 6.45) is 0. The van der Waals surface area contributed by atoms with Gasteiger partial charge in [0.15, 0.2) is 5.06 Å². The van der Waals surface area contributed by atoms with Crippen LogP contribution in [0.25, 0.3) is 10.1 Å². The van der Waals surface area contributed by atoms with Crippen molar-refractivity contribution in [3.63, 3.8) is 0 Å². The van der Waals surface area contributed by atoms with Crippen molar-refractivity contribution in [3.8, 4) is 5.06 Å². The molecule has 0 saturated carbocycles. The van der Waals surface area contributed by atoms with Crippen molar-refractivity contribution in [3.05, 3.63) is 18.2 Å². The van der Waals surface area contributed by atoms with Gasteiger partial charge in [-0.3, -0.25) is 0 Å². The molecule has 3 nitrogen and oxygen atoms in total. The van der Waals surface area contributed by atoms with E-state index in [2.05, 4.69) is 12.6 Å². The molecule has 0 aliphatic carbocycles. The Bertz CT molecular complexity index is 481. The first-order chi connectivity index (χ1) is 6.59. The lowest BCUT2D eigenvalue weighted by atomic mass is 9.80. The summed E-state index contributed by atoms with van der Waals surface area (Å²) in [6, 6.07) is 5.27. The lowest BCUT2D eigenvalue weighted by Crippen LogP contribution is -2.29. The Morgan fingerprint density at radius 1 is 1.29 bits per heavy atom. The Kier molecular flexibility index (Phi) is 2.44. The van der Waals surface area contributed by atoms with Gasteiger partial charge in [-0.05, 0) is 23.6 Å². The Labute approximate surface area is 90.2 Å². The molecule has 0 radical (unpaired) electrons. The van der Waals surface area contributed by atoms with Crippen molar-refractivity contribution >= 4 is 46.6 Å². The van der Waals surface area contributed by atoms with Crippen molar-refractivity contribution < 1.29 is 15.2 Å². The van der Waals surface area contributed by atoms with E-state index in [0.717, 1.165) is 20.9 Å². The molecule has 1 heterocycles. The van der Waals surface area contributed by atoms with Crippen molar-refractivity contribution in [2.75, 3.05) is 0 Å². The van der Waals surface area contributed by atoms with Crippen molar-refractivity contribution in [1.29, 1.82) is 0 Å². The quantitative estimate of drug-likeness (QED) is 0.425. The second kappa shape index (κ2) is 3.47. The molecule has 0 unspecified atom stereocenters. The number of thiol groups is 1. The number of aromatic hydroxyl groups is 1. The molecule has 14 heavy (non-hydrogen) atoms. The average Bonchev–Trinajstić information content (AvgIpc) is 2.40. The predicted molar refractivity (Wildman–Crippen MR) is 60.6 cm³/mol. The van der Waals surface area contributed by atoms with E-state index in [9.17, 15) is 5.11 Å². The molecule has 0 aliphatic heterocycles. The van der Waals surface area contributed by atoms with Crippen LogP contribution >= 0.6 is 24.0 Å². The van der Waals surface area contributed by atoms with E-state index < -0.39 is 7.12 Å². The molecule has 0 bridgehead atoms. The molecule has 0 fully saturated rings. The molecule has 3 N–H and O–H groups in total. The van der Waals surface area contributed by atoms with Crippen LogP contribution in [0.3, 0.4) is 0 Å². The number of rotatable bonds is 1. The Morgan fingerprint density at radius 2 is 2.00 bits per heavy atom. The molecule has 0 aliphatic rings. The highest BCUT2D eigenvalue weighted by atomic mass is 32.1. The van der Waals surface area contributed by atoms with E-state index in [0.29, 0.717) is 5.39 Å². The number of thiophene rings is 1. The molecule has 2 rings (SSSR count). The normalized spacial score (nSPS) is 10.8. The topological polar surface area (TPSA) is 60.7 Å². The summed E-state index contributed by atoms with van der Waals surface area (Å²) in [5.74, 6) is 0. The van der Waals surface area contributed by atoms with E-state index in [1.165, 1.54) is 0 Å². The molecular formula is C8H7BO3S2. The van der Waals surface area contributed by atoms with E-state index >= 15 is 0 Å². The predicted octanol–water partition coefficient (Wildman–Crippen LogP) is 0.575. The van der Waals surface area contributed by atoms with E-state index in [1.807, 2.05) is 0 Å². The van der Waals surface area contributed by atoms with Gasteiger partial charge in [-0.2, -0.15) is 0 Å². The van der Waals surface area contributed by atoms with Crippen LogP contribution in [-0.2, 0) is 0 Å². The molecule has 0 saturated heterocycles. The van der Waals surface area contributed by atoms with Gasteiger partial charge >= 0.3 is 7.12 Å². The molecule has 0 atom stereocenters.